The fourth-order valence-electron chi connectivity index (χ4n) is 2.85. The maximum atomic E-state index is 5.83. The summed E-state index contributed by atoms with van der Waals surface area (Å²) >= 11 is 0. The second-order valence-corrected chi connectivity index (χ2v) is 6.27. The summed E-state index contributed by atoms with van der Waals surface area (Å²) in [7, 11) is 0. The monoisotopic (exact) mass is 331 g/mol. The van der Waals surface area contributed by atoms with Crippen LogP contribution in [0, 0.1) is 6.92 Å². The molecule has 1 N–H and O–H groups in total. The van der Waals surface area contributed by atoms with Crippen molar-refractivity contribution in [1.29, 1.82) is 0 Å². The van der Waals surface area contributed by atoms with Gasteiger partial charge in [0.15, 0.2) is 0 Å². The van der Waals surface area contributed by atoms with E-state index >= 15 is 0 Å². The molecule has 0 aromatic heterocycles. The quantitative estimate of drug-likeness (QED) is 0.595. The molecule has 3 aromatic rings. The van der Waals surface area contributed by atoms with Crippen molar-refractivity contribution in [2.24, 2.45) is 0 Å². The Labute approximate surface area is 150 Å². The number of nitrogens with one attached hydrogen (secondary N) is 1. The second kappa shape index (κ2) is 8.39. The molecule has 0 amide bonds. The minimum Gasteiger partial charge on any atom is -0.489 e. The summed E-state index contributed by atoms with van der Waals surface area (Å²) < 4.78 is 5.83. The first-order chi connectivity index (χ1) is 12.2. The van der Waals surface area contributed by atoms with Crippen molar-refractivity contribution in [3.63, 3.8) is 0 Å². The van der Waals surface area contributed by atoms with Gasteiger partial charge in [0.1, 0.15) is 12.4 Å². The molecule has 0 saturated heterocycles. The van der Waals surface area contributed by atoms with E-state index in [0.717, 1.165) is 18.7 Å². The Balaban J connectivity index is 1.53. The molecule has 3 rings (SSSR count). The van der Waals surface area contributed by atoms with E-state index in [1.165, 1.54) is 27.9 Å². The predicted molar refractivity (Wildman–Crippen MR) is 105 cm³/mol. The lowest BCUT2D eigenvalue weighted by molar-refractivity contribution is 0.306. The van der Waals surface area contributed by atoms with Gasteiger partial charge >= 0.3 is 0 Å². The lowest BCUT2D eigenvalue weighted by Crippen LogP contribution is -2.01. The van der Waals surface area contributed by atoms with Gasteiger partial charge in [-0.2, -0.15) is 0 Å². The van der Waals surface area contributed by atoms with Gasteiger partial charge in [-0.05, 0) is 59.9 Å². The van der Waals surface area contributed by atoms with Gasteiger partial charge < -0.3 is 10.1 Å². The van der Waals surface area contributed by atoms with Gasteiger partial charge in [-0.1, -0.05) is 55.5 Å². The van der Waals surface area contributed by atoms with Crippen LogP contribution in [0.15, 0.2) is 72.8 Å². The first-order valence-electron chi connectivity index (χ1n) is 8.83. The average Bonchev–Trinajstić information content (AvgIpc) is 2.66. The molecule has 0 aliphatic heterocycles. The number of benzene rings is 3. The Morgan fingerprint density at radius 2 is 1.60 bits per heavy atom. The van der Waals surface area contributed by atoms with Crippen LogP contribution in [0.2, 0.25) is 0 Å². The molecule has 128 valence electrons. The van der Waals surface area contributed by atoms with Crippen molar-refractivity contribution in [1.82, 2.24) is 0 Å². The molecular weight excluding hydrogens is 306 g/mol. The van der Waals surface area contributed by atoms with E-state index in [1.807, 2.05) is 30.3 Å². The number of hydrogen-bond acceptors (Lipinski definition) is 2. The molecule has 0 aliphatic rings. The van der Waals surface area contributed by atoms with Crippen LogP contribution in [-0.2, 0) is 19.6 Å². The summed E-state index contributed by atoms with van der Waals surface area (Å²) in [6.07, 6.45) is 1.08. The first kappa shape index (κ1) is 17.1. The molecule has 0 spiro atoms. The highest BCUT2D eigenvalue weighted by atomic mass is 16.5. The topological polar surface area (TPSA) is 21.3 Å². The van der Waals surface area contributed by atoms with E-state index in [1.54, 1.807) is 0 Å². The van der Waals surface area contributed by atoms with E-state index in [2.05, 4.69) is 61.6 Å². The van der Waals surface area contributed by atoms with Crippen molar-refractivity contribution < 1.29 is 4.74 Å². The number of ether oxygens (including phenoxy) is 1. The Hall–Kier alpha value is -2.74. The fraction of sp³-hybridized carbons (Fsp3) is 0.217. The van der Waals surface area contributed by atoms with Gasteiger partial charge in [0.25, 0.3) is 0 Å². The van der Waals surface area contributed by atoms with Crippen molar-refractivity contribution in [2.45, 2.75) is 33.4 Å². The molecule has 0 atom stereocenters. The van der Waals surface area contributed by atoms with Gasteiger partial charge in [-0.3, -0.25) is 0 Å². The van der Waals surface area contributed by atoms with E-state index in [4.69, 9.17) is 4.74 Å². The lowest BCUT2D eigenvalue weighted by Gasteiger charge is -2.11. The molecule has 2 nitrogen and oxygen atoms in total. The van der Waals surface area contributed by atoms with Crippen molar-refractivity contribution >= 4 is 5.69 Å². The van der Waals surface area contributed by atoms with Crippen LogP contribution in [0.4, 0.5) is 5.69 Å². The van der Waals surface area contributed by atoms with Crippen LogP contribution in [0.3, 0.4) is 0 Å². The number of aryl methyl sites for hydroxylation is 2. The standard InChI is InChI=1S/C23H25NO/c1-3-21-11-12-22(15-18(21)2)24-16-19-9-13-23(14-10-19)25-17-20-7-5-4-6-8-20/h4-15,24H,3,16-17H2,1-2H3. The zero-order valence-corrected chi connectivity index (χ0v) is 15.0. The third-order valence-electron chi connectivity index (χ3n) is 4.39. The summed E-state index contributed by atoms with van der Waals surface area (Å²) in [5.41, 5.74) is 6.34. The van der Waals surface area contributed by atoms with Crippen LogP contribution in [-0.4, -0.2) is 0 Å². The maximum absolute atomic E-state index is 5.83. The van der Waals surface area contributed by atoms with E-state index in [-0.39, 0.29) is 0 Å². The largest absolute Gasteiger partial charge is 0.489 e. The molecule has 0 heterocycles. The Morgan fingerprint density at radius 3 is 2.28 bits per heavy atom. The zero-order valence-electron chi connectivity index (χ0n) is 15.0. The molecule has 2 heteroatoms. The average molecular weight is 331 g/mol. The molecule has 0 saturated carbocycles. The summed E-state index contributed by atoms with van der Waals surface area (Å²) in [5, 5.41) is 3.49. The highest BCUT2D eigenvalue weighted by Crippen LogP contribution is 2.18. The fourth-order valence-corrected chi connectivity index (χ4v) is 2.85. The molecule has 0 unspecified atom stereocenters. The third kappa shape index (κ3) is 4.87. The van der Waals surface area contributed by atoms with Crippen LogP contribution in [0.5, 0.6) is 5.75 Å². The Bertz CT molecular complexity index is 794. The van der Waals surface area contributed by atoms with Gasteiger partial charge in [0, 0.05) is 12.2 Å². The molecule has 0 bridgehead atoms. The van der Waals surface area contributed by atoms with Crippen molar-refractivity contribution in [2.75, 3.05) is 5.32 Å². The Morgan fingerprint density at radius 1 is 0.840 bits per heavy atom. The van der Waals surface area contributed by atoms with Crippen molar-refractivity contribution in [3.05, 3.63) is 95.1 Å². The molecule has 0 aliphatic carbocycles. The molecular formula is C23H25NO. The van der Waals surface area contributed by atoms with Crippen LogP contribution in [0.1, 0.15) is 29.2 Å². The van der Waals surface area contributed by atoms with Gasteiger partial charge in [-0.25, -0.2) is 0 Å². The molecule has 0 radical (unpaired) electrons. The summed E-state index contributed by atoms with van der Waals surface area (Å²) in [4.78, 5) is 0. The van der Waals surface area contributed by atoms with E-state index in [9.17, 15) is 0 Å². The number of rotatable bonds is 7. The van der Waals surface area contributed by atoms with Crippen LogP contribution >= 0.6 is 0 Å². The predicted octanol–water partition coefficient (Wildman–Crippen LogP) is 5.75. The van der Waals surface area contributed by atoms with Gasteiger partial charge in [-0.15, -0.1) is 0 Å². The third-order valence-corrected chi connectivity index (χ3v) is 4.39. The first-order valence-corrected chi connectivity index (χ1v) is 8.83. The minimum atomic E-state index is 0.599. The molecule has 3 aromatic carbocycles. The van der Waals surface area contributed by atoms with Crippen LogP contribution < -0.4 is 10.1 Å². The number of anilines is 1. The zero-order chi connectivity index (χ0) is 17.5. The minimum absolute atomic E-state index is 0.599. The summed E-state index contributed by atoms with van der Waals surface area (Å²) in [6.45, 7) is 5.77. The normalized spacial score (nSPS) is 10.5. The van der Waals surface area contributed by atoms with Crippen LogP contribution in [0.25, 0.3) is 0 Å². The lowest BCUT2D eigenvalue weighted by atomic mass is 10.1. The van der Waals surface area contributed by atoms with E-state index in [0.29, 0.717) is 6.61 Å². The second-order valence-electron chi connectivity index (χ2n) is 6.27. The SMILES string of the molecule is CCc1ccc(NCc2ccc(OCc3ccccc3)cc2)cc1C. The summed E-state index contributed by atoms with van der Waals surface area (Å²) in [6, 6.07) is 25.1. The molecule has 0 fully saturated rings. The van der Waals surface area contributed by atoms with E-state index < -0.39 is 0 Å². The highest BCUT2D eigenvalue weighted by molar-refractivity contribution is 5.49. The number of hydrogen-bond donors (Lipinski definition) is 1. The Kier molecular flexibility index (Phi) is 5.73. The maximum Gasteiger partial charge on any atom is 0.119 e. The van der Waals surface area contributed by atoms with Gasteiger partial charge in [0.2, 0.25) is 0 Å². The smallest absolute Gasteiger partial charge is 0.119 e. The summed E-state index contributed by atoms with van der Waals surface area (Å²) in [5.74, 6) is 0.899. The molecule has 25 heavy (non-hydrogen) atoms. The highest BCUT2D eigenvalue weighted by Gasteiger charge is 2.00. The van der Waals surface area contributed by atoms with Crippen molar-refractivity contribution in [3.8, 4) is 5.75 Å². The van der Waals surface area contributed by atoms with Gasteiger partial charge in [0.05, 0.1) is 0 Å².